The maximum Gasteiger partial charge on any atom is 0.197 e. The van der Waals surface area contributed by atoms with E-state index in [0.717, 1.165) is 71.7 Å². The van der Waals surface area contributed by atoms with Crippen molar-refractivity contribution in [1.29, 1.82) is 0 Å². The molecule has 0 aliphatic heterocycles. The van der Waals surface area contributed by atoms with Crippen molar-refractivity contribution >= 4 is 65.7 Å². The van der Waals surface area contributed by atoms with Gasteiger partial charge in [0.2, 0.25) is 0 Å². The molecule has 4 heterocycles. The van der Waals surface area contributed by atoms with E-state index in [-0.39, 0.29) is 0 Å². The highest BCUT2D eigenvalue weighted by Gasteiger charge is 2.23. The molecule has 57 heavy (non-hydrogen) atoms. The average Bonchev–Trinajstić information content (AvgIpc) is 3.94. The predicted molar refractivity (Wildman–Crippen MR) is 234 cm³/mol. The lowest BCUT2D eigenvalue weighted by Crippen LogP contribution is -2.02. The molecular weight excluding hydrogens is 697 g/mol. The number of hydrogen-bond acceptors (Lipinski definition) is 3. The summed E-state index contributed by atoms with van der Waals surface area (Å²) in [5.74, 6) is 1.33. The van der Waals surface area contributed by atoms with Crippen molar-refractivity contribution in [2.45, 2.75) is 0 Å². The zero-order valence-electron chi connectivity index (χ0n) is 30.7. The second kappa shape index (κ2) is 12.4. The van der Waals surface area contributed by atoms with E-state index in [1.54, 1.807) is 0 Å². The highest BCUT2D eigenvalue weighted by atomic mass is 16.3. The van der Waals surface area contributed by atoms with Crippen LogP contribution in [0.3, 0.4) is 0 Å². The first-order valence-electron chi connectivity index (χ1n) is 19.2. The normalized spacial score (nSPS) is 11.9. The van der Waals surface area contributed by atoms with Crippen LogP contribution in [-0.2, 0) is 0 Å². The fraction of sp³-hybridized carbons (Fsp3) is 0. The van der Waals surface area contributed by atoms with Crippen molar-refractivity contribution in [3.8, 4) is 45.1 Å². The largest absolute Gasteiger partial charge is 0.450 e. The molecule has 5 heteroatoms. The Kier molecular flexibility index (Phi) is 6.86. The van der Waals surface area contributed by atoms with E-state index in [0.29, 0.717) is 17.2 Å². The summed E-state index contributed by atoms with van der Waals surface area (Å²) >= 11 is 0. The van der Waals surface area contributed by atoms with Gasteiger partial charge in [0, 0.05) is 38.2 Å². The predicted octanol–water partition coefficient (Wildman–Crippen LogP) is 13.6. The first-order valence-corrected chi connectivity index (χ1v) is 19.2. The second-order valence-electron chi connectivity index (χ2n) is 14.6. The summed E-state index contributed by atoms with van der Waals surface area (Å²) < 4.78 is 11.3. The number of aromatic nitrogens is 4. The van der Waals surface area contributed by atoms with E-state index < -0.39 is 0 Å². The van der Waals surface area contributed by atoms with Crippen molar-refractivity contribution in [2.75, 3.05) is 0 Å². The number of para-hydroxylation sites is 3. The number of benzene rings is 8. The van der Waals surface area contributed by atoms with E-state index in [2.05, 4.69) is 185 Å². The Labute approximate surface area is 327 Å². The number of hydrogen-bond donors (Lipinski definition) is 0. The Bertz CT molecular complexity index is 3370. The molecule has 12 rings (SSSR count). The standard InChI is InChI=1S/C52H32N4O/c1-3-14-33(15-4-1)35-26-28-46-42(31-35)43-32-36(34-16-5-2-6-17-34)27-29-47(43)56(46)52-50-49(41-22-9-12-25-48(41)57-50)53-51(54-52)37-18-13-19-38(30-37)55-44-23-10-7-20-39(44)40-21-8-11-24-45(40)55/h1-32H. The summed E-state index contributed by atoms with van der Waals surface area (Å²) in [6.45, 7) is 0. The Morgan fingerprint density at radius 2 is 0.877 bits per heavy atom. The molecule has 0 saturated heterocycles. The highest BCUT2D eigenvalue weighted by Crippen LogP contribution is 2.41. The van der Waals surface area contributed by atoms with Crippen molar-refractivity contribution in [2.24, 2.45) is 0 Å². The molecule has 0 amide bonds. The van der Waals surface area contributed by atoms with E-state index in [1.165, 1.54) is 21.9 Å². The summed E-state index contributed by atoms with van der Waals surface area (Å²) in [5, 5.41) is 5.68. The molecule has 8 aromatic carbocycles. The van der Waals surface area contributed by atoms with E-state index in [4.69, 9.17) is 14.4 Å². The fourth-order valence-electron chi connectivity index (χ4n) is 8.71. The minimum atomic E-state index is 0.628. The quantitative estimate of drug-likeness (QED) is 0.177. The summed E-state index contributed by atoms with van der Waals surface area (Å²) in [5.41, 5.74) is 13.2. The van der Waals surface area contributed by atoms with Gasteiger partial charge in [-0.3, -0.25) is 4.57 Å². The van der Waals surface area contributed by atoms with E-state index in [1.807, 2.05) is 18.2 Å². The molecule has 0 aliphatic carbocycles. The molecule has 0 saturated carbocycles. The first kappa shape index (κ1) is 31.6. The second-order valence-corrected chi connectivity index (χ2v) is 14.6. The molecule has 0 unspecified atom stereocenters. The smallest absolute Gasteiger partial charge is 0.197 e. The number of furan rings is 1. The van der Waals surface area contributed by atoms with Crippen LogP contribution in [0, 0.1) is 0 Å². The summed E-state index contributed by atoms with van der Waals surface area (Å²) in [7, 11) is 0. The maximum atomic E-state index is 6.71. The fourth-order valence-corrected chi connectivity index (χ4v) is 8.71. The van der Waals surface area contributed by atoms with Crippen molar-refractivity contribution in [3.05, 3.63) is 194 Å². The lowest BCUT2D eigenvalue weighted by atomic mass is 10.0. The monoisotopic (exact) mass is 728 g/mol. The van der Waals surface area contributed by atoms with Crippen LogP contribution in [0.2, 0.25) is 0 Å². The Balaban J connectivity index is 1.14. The van der Waals surface area contributed by atoms with Crippen LogP contribution in [0.1, 0.15) is 0 Å². The van der Waals surface area contributed by atoms with E-state index in [9.17, 15) is 0 Å². The summed E-state index contributed by atoms with van der Waals surface area (Å²) in [4.78, 5) is 10.8. The van der Waals surface area contributed by atoms with Gasteiger partial charge in [-0.05, 0) is 82.9 Å². The third-order valence-corrected chi connectivity index (χ3v) is 11.3. The van der Waals surface area contributed by atoms with Gasteiger partial charge in [-0.25, -0.2) is 9.97 Å². The zero-order chi connectivity index (χ0) is 37.5. The van der Waals surface area contributed by atoms with Gasteiger partial charge in [-0.2, -0.15) is 0 Å². The van der Waals surface area contributed by atoms with Gasteiger partial charge in [0.25, 0.3) is 0 Å². The Morgan fingerprint density at radius 1 is 0.351 bits per heavy atom. The van der Waals surface area contributed by atoms with Crippen LogP contribution >= 0.6 is 0 Å². The molecule has 0 N–H and O–H groups in total. The van der Waals surface area contributed by atoms with Gasteiger partial charge in [0.15, 0.2) is 17.2 Å². The van der Waals surface area contributed by atoms with Gasteiger partial charge in [0.1, 0.15) is 11.1 Å². The van der Waals surface area contributed by atoms with Crippen LogP contribution in [0.4, 0.5) is 0 Å². The van der Waals surface area contributed by atoms with Gasteiger partial charge < -0.3 is 8.98 Å². The molecule has 5 nitrogen and oxygen atoms in total. The third kappa shape index (κ3) is 4.89. The highest BCUT2D eigenvalue weighted by molar-refractivity contribution is 6.14. The molecule has 0 radical (unpaired) electrons. The van der Waals surface area contributed by atoms with Gasteiger partial charge in [-0.15, -0.1) is 0 Å². The molecule has 0 atom stereocenters. The van der Waals surface area contributed by atoms with Crippen LogP contribution in [-0.4, -0.2) is 19.1 Å². The first-order chi connectivity index (χ1) is 28.3. The van der Waals surface area contributed by atoms with Crippen molar-refractivity contribution in [1.82, 2.24) is 19.1 Å². The molecule has 0 spiro atoms. The van der Waals surface area contributed by atoms with Crippen LogP contribution in [0.15, 0.2) is 199 Å². The molecule has 0 bridgehead atoms. The topological polar surface area (TPSA) is 48.8 Å². The molecule has 0 aliphatic rings. The van der Waals surface area contributed by atoms with Crippen molar-refractivity contribution in [3.63, 3.8) is 0 Å². The number of rotatable bonds is 5. The van der Waals surface area contributed by atoms with Crippen LogP contribution in [0.5, 0.6) is 0 Å². The van der Waals surface area contributed by atoms with Crippen molar-refractivity contribution < 1.29 is 4.42 Å². The maximum absolute atomic E-state index is 6.71. The summed E-state index contributed by atoms with van der Waals surface area (Å²) in [6, 6.07) is 68.5. The average molecular weight is 729 g/mol. The summed E-state index contributed by atoms with van der Waals surface area (Å²) in [6.07, 6.45) is 0. The molecule has 266 valence electrons. The Hall–Kier alpha value is -7.76. The molecular formula is C52H32N4O. The molecule has 0 fully saturated rings. The zero-order valence-corrected chi connectivity index (χ0v) is 30.7. The van der Waals surface area contributed by atoms with Gasteiger partial charge in [0.05, 0.1) is 22.1 Å². The minimum absolute atomic E-state index is 0.628. The lowest BCUT2D eigenvalue weighted by molar-refractivity contribution is 0.662. The van der Waals surface area contributed by atoms with Gasteiger partial charge in [-0.1, -0.05) is 133 Å². The van der Waals surface area contributed by atoms with Crippen LogP contribution in [0.25, 0.3) is 111 Å². The number of nitrogens with zero attached hydrogens (tertiary/aromatic N) is 4. The van der Waals surface area contributed by atoms with Crippen LogP contribution < -0.4 is 0 Å². The lowest BCUT2D eigenvalue weighted by Gasteiger charge is -2.12. The number of fused-ring (bicyclic) bond motifs is 9. The molecule has 4 aromatic heterocycles. The van der Waals surface area contributed by atoms with E-state index >= 15 is 0 Å². The minimum Gasteiger partial charge on any atom is -0.450 e. The third-order valence-electron chi connectivity index (χ3n) is 11.3. The van der Waals surface area contributed by atoms with Gasteiger partial charge >= 0.3 is 0 Å². The molecule has 12 aromatic rings. The Morgan fingerprint density at radius 3 is 1.51 bits per heavy atom. The SMILES string of the molecule is c1ccc(-c2ccc3c(c2)c2cc(-c4ccccc4)ccc2n3-c2nc(-c3cccc(-n4c5ccccc5c5ccccc54)c3)nc3c2oc2ccccc23)cc1.